The second-order valence-electron chi connectivity index (χ2n) is 7.19. The second kappa shape index (κ2) is 5.02. The first-order chi connectivity index (χ1) is 9.12. The first-order valence-corrected chi connectivity index (χ1v) is 7.89. The molecule has 0 saturated heterocycles. The van der Waals surface area contributed by atoms with Crippen molar-refractivity contribution in [2.45, 2.75) is 65.3 Å². The van der Waals surface area contributed by atoms with E-state index in [0.29, 0.717) is 13.0 Å². The summed E-state index contributed by atoms with van der Waals surface area (Å²) in [6.07, 6.45) is 2.60. The molecule has 5 heteroatoms. The van der Waals surface area contributed by atoms with E-state index in [1.165, 1.54) is 16.2 Å². The van der Waals surface area contributed by atoms with Crippen LogP contribution in [0.4, 0.5) is 0 Å². The molecule has 2 rings (SSSR count). The highest BCUT2D eigenvalue weighted by Crippen LogP contribution is 2.46. The van der Waals surface area contributed by atoms with Gasteiger partial charge in [-0.3, -0.25) is 9.59 Å². The molecule has 0 unspecified atom stereocenters. The summed E-state index contributed by atoms with van der Waals surface area (Å²) in [5, 5.41) is 8.73. The van der Waals surface area contributed by atoms with E-state index in [1.807, 2.05) is 4.57 Å². The zero-order chi connectivity index (χ0) is 15.1. The second-order valence-corrected chi connectivity index (χ2v) is 8.16. The zero-order valence-corrected chi connectivity index (χ0v) is 13.5. The van der Waals surface area contributed by atoms with Crippen molar-refractivity contribution in [3.05, 3.63) is 20.2 Å². The predicted octanol–water partition coefficient (Wildman–Crippen LogP) is 3.02. The van der Waals surface area contributed by atoms with Crippen molar-refractivity contribution >= 4 is 17.3 Å². The van der Waals surface area contributed by atoms with Crippen LogP contribution >= 0.6 is 11.3 Å². The molecular weight excluding hydrogens is 274 g/mol. The van der Waals surface area contributed by atoms with Gasteiger partial charge in [0.1, 0.15) is 0 Å². The van der Waals surface area contributed by atoms with Crippen LogP contribution < -0.4 is 4.87 Å². The number of fused-ring (bicyclic) bond motifs is 1. The number of rotatable bonds is 4. The minimum absolute atomic E-state index is 0.0267. The minimum atomic E-state index is -0.803. The van der Waals surface area contributed by atoms with E-state index in [-0.39, 0.29) is 22.1 Å². The molecule has 0 amide bonds. The van der Waals surface area contributed by atoms with Crippen LogP contribution in [0.3, 0.4) is 0 Å². The van der Waals surface area contributed by atoms with Gasteiger partial charge in [-0.15, -0.1) is 0 Å². The molecule has 0 aliphatic heterocycles. The lowest BCUT2D eigenvalue weighted by atomic mass is 9.67. The van der Waals surface area contributed by atoms with Crippen LogP contribution in [0.5, 0.6) is 0 Å². The molecule has 4 nitrogen and oxygen atoms in total. The molecule has 1 aromatic heterocycles. The Balaban J connectivity index is 2.34. The van der Waals surface area contributed by atoms with E-state index >= 15 is 0 Å². The third-order valence-electron chi connectivity index (χ3n) is 3.95. The summed E-state index contributed by atoms with van der Waals surface area (Å²) in [6.45, 7) is 9.39. The van der Waals surface area contributed by atoms with Crippen LogP contribution in [-0.4, -0.2) is 15.6 Å². The van der Waals surface area contributed by atoms with Gasteiger partial charge in [0.15, 0.2) is 0 Å². The summed E-state index contributed by atoms with van der Waals surface area (Å²) in [6, 6.07) is 0. The van der Waals surface area contributed by atoms with Crippen molar-refractivity contribution in [2.75, 3.05) is 0 Å². The van der Waals surface area contributed by atoms with Crippen LogP contribution in [0.15, 0.2) is 4.79 Å². The summed E-state index contributed by atoms with van der Waals surface area (Å²) in [5.74, 6) is -0.803. The predicted molar refractivity (Wildman–Crippen MR) is 80.6 cm³/mol. The first-order valence-electron chi connectivity index (χ1n) is 7.07. The van der Waals surface area contributed by atoms with Crippen molar-refractivity contribution in [1.29, 1.82) is 0 Å². The fraction of sp³-hybridized carbons (Fsp3) is 0.733. The lowest BCUT2D eigenvalue weighted by Gasteiger charge is -2.40. The molecule has 0 atom stereocenters. The first kappa shape index (κ1) is 15.3. The van der Waals surface area contributed by atoms with E-state index in [2.05, 4.69) is 27.7 Å². The maximum Gasteiger partial charge on any atom is 0.307 e. The van der Waals surface area contributed by atoms with E-state index in [4.69, 9.17) is 5.11 Å². The molecule has 20 heavy (non-hydrogen) atoms. The SMILES string of the molecule is CC1(C)Cc2c(sc(=O)n2CCCC(=O)O)C(C)(C)C1. The average Bonchev–Trinajstić information content (AvgIpc) is 2.54. The molecule has 0 bridgehead atoms. The highest BCUT2D eigenvalue weighted by atomic mass is 32.1. The number of carboxylic acid groups (broad SMARTS) is 1. The Morgan fingerprint density at radius 3 is 2.60 bits per heavy atom. The number of nitrogens with zero attached hydrogens (tertiary/aromatic N) is 1. The maximum absolute atomic E-state index is 12.2. The number of aliphatic carboxylic acids is 1. The monoisotopic (exact) mass is 297 g/mol. The van der Waals surface area contributed by atoms with Gasteiger partial charge in [-0.2, -0.15) is 0 Å². The van der Waals surface area contributed by atoms with Crippen molar-refractivity contribution < 1.29 is 9.90 Å². The van der Waals surface area contributed by atoms with Gasteiger partial charge in [0.2, 0.25) is 0 Å². The lowest BCUT2D eigenvalue weighted by molar-refractivity contribution is -0.137. The molecule has 0 saturated carbocycles. The van der Waals surface area contributed by atoms with Gasteiger partial charge in [0.05, 0.1) is 0 Å². The van der Waals surface area contributed by atoms with Gasteiger partial charge in [0.25, 0.3) is 0 Å². The Morgan fingerprint density at radius 1 is 1.35 bits per heavy atom. The number of hydrogen-bond donors (Lipinski definition) is 1. The topological polar surface area (TPSA) is 59.3 Å². The fourth-order valence-corrected chi connectivity index (χ4v) is 4.68. The van der Waals surface area contributed by atoms with E-state index in [0.717, 1.165) is 18.5 Å². The number of carbonyl (C=O) groups is 1. The number of aromatic nitrogens is 1. The quantitative estimate of drug-likeness (QED) is 0.929. The molecule has 0 aromatic carbocycles. The molecule has 1 aromatic rings. The van der Waals surface area contributed by atoms with E-state index in [1.54, 1.807) is 0 Å². The molecule has 112 valence electrons. The minimum Gasteiger partial charge on any atom is -0.481 e. The van der Waals surface area contributed by atoms with Gasteiger partial charge in [-0.25, -0.2) is 0 Å². The number of thiazole rings is 1. The molecule has 0 fully saturated rings. The van der Waals surface area contributed by atoms with Gasteiger partial charge in [-0.1, -0.05) is 39.0 Å². The van der Waals surface area contributed by atoms with Crippen LogP contribution in [0.25, 0.3) is 0 Å². The Hall–Kier alpha value is -1.10. The fourth-order valence-electron chi connectivity index (χ4n) is 3.55. The van der Waals surface area contributed by atoms with E-state index < -0.39 is 5.97 Å². The zero-order valence-electron chi connectivity index (χ0n) is 12.7. The Bertz CT molecular complexity index is 580. The van der Waals surface area contributed by atoms with Gasteiger partial charge < -0.3 is 9.67 Å². The average molecular weight is 297 g/mol. The van der Waals surface area contributed by atoms with Gasteiger partial charge >= 0.3 is 10.8 Å². The lowest BCUT2D eigenvalue weighted by Crippen LogP contribution is -2.35. The molecule has 1 heterocycles. The summed E-state index contributed by atoms with van der Waals surface area (Å²) in [4.78, 5) is 24.1. The molecular formula is C15H23NO3S. The molecule has 1 N–H and O–H groups in total. The molecule has 1 aliphatic carbocycles. The maximum atomic E-state index is 12.2. The van der Waals surface area contributed by atoms with Crippen molar-refractivity contribution in [2.24, 2.45) is 5.41 Å². The van der Waals surface area contributed by atoms with Crippen molar-refractivity contribution in [3.63, 3.8) is 0 Å². The van der Waals surface area contributed by atoms with Gasteiger partial charge in [-0.05, 0) is 24.7 Å². The summed E-state index contributed by atoms with van der Waals surface area (Å²) < 4.78 is 1.81. The highest BCUT2D eigenvalue weighted by Gasteiger charge is 2.40. The van der Waals surface area contributed by atoms with Crippen LogP contribution in [-0.2, 0) is 23.2 Å². The highest BCUT2D eigenvalue weighted by molar-refractivity contribution is 7.09. The van der Waals surface area contributed by atoms with Crippen molar-refractivity contribution in [3.8, 4) is 0 Å². The summed E-state index contributed by atoms with van der Waals surface area (Å²) in [5.41, 5.74) is 1.34. The smallest absolute Gasteiger partial charge is 0.307 e. The van der Waals surface area contributed by atoms with Crippen molar-refractivity contribution in [1.82, 2.24) is 4.57 Å². The van der Waals surface area contributed by atoms with E-state index in [9.17, 15) is 9.59 Å². The Labute approximate surface area is 123 Å². The van der Waals surface area contributed by atoms with Gasteiger partial charge in [0, 0.05) is 29.0 Å². The Kier molecular flexibility index (Phi) is 3.84. The third-order valence-corrected chi connectivity index (χ3v) is 5.34. The number of carboxylic acids is 1. The van der Waals surface area contributed by atoms with Crippen LogP contribution in [0.2, 0.25) is 0 Å². The molecule has 0 spiro atoms. The van der Waals surface area contributed by atoms with Crippen LogP contribution in [0.1, 0.15) is 57.5 Å². The normalized spacial score (nSPS) is 19.6. The van der Waals surface area contributed by atoms with Crippen LogP contribution in [0, 0.1) is 5.41 Å². The Morgan fingerprint density at radius 2 is 2.00 bits per heavy atom. The third kappa shape index (κ3) is 2.97. The largest absolute Gasteiger partial charge is 0.481 e. The number of hydrogen-bond acceptors (Lipinski definition) is 3. The summed E-state index contributed by atoms with van der Waals surface area (Å²) >= 11 is 1.34. The molecule has 1 aliphatic rings. The standard InChI is InChI=1S/C15H23NO3S/c1-14(2)8-10-12(15(3,4)9-14)20-13(19)16(10)7-5-6-11(17)18/h5-9H2,1-4H3,(H,17,18). The summed E-state index contributed by atoms with van der Waals surface area (Å²) in [7, 11) is 0. The molecule has 0 radical (unpaired) electrons.